The van der Waals surface area contributed by atoms with Crippen molar-refractivity contribution < 1.29 is 18.3 Å². The molecule has 1 aliphatic heterocycles. The van der Waals surface area contributed by atoms with Crippen molar-refractivity contribution in [1.29, 1.82) is 0 Å². The van der Waals surface area contributed by atoms with Gasteiger partial charge in [0.05, 0.1) is 0 Å². The predicted molar refractivity (Wildman–Crippen MR) is 70.5 cm³/mol. The van der Waals surface area contributed by atoms with Crippen LogP contribution in [-0.2, 0) is 4.79 Å². The van der Waals surface area contributed by atoms with Crippen LogP contribution in [0.1, 0.15) is 19.8 Å². The fourth-order valence-electron chi connectivity index (χ4n) is 2.23. The zero-order valence-corrected chi connectivity index (χ0v) is 11.3. The van der Waals surface area contributed by atoms with Crippen molar-refractivity contribution >= 4 is 5.91 Å². The highest BCUT2D eigenvalue weighted by Crippen LogP contribution is 2.17. The number of carbonyl (C=O) groups excluding carboxylic acids is 1. The molecule has 2 unspecified atom stereocenters. The fourth-order valence-corrected chi connectivity index (χ4v) is 2.23. The average molecular weight is 284 g/mol. The van der Waals surface area contributed by atoms with Crippen LogP contribution in [0.4, 0.5) is 8.78 Å². The number of nitrogens with one attached hydrogen (secondary N) is 2. The van der Waals surface area contributed by atoms with Gasteiger partial charge in [0.2, 0.25) is 0 Å². The SMILES string of the molecule is CC1NCCCC1NC(=O)COc1ccc(F)cc1F. The molecule has 0 bridgehead atoms. The number of rotatable bonds is 4. The Kier molecular flexibility index (Phi) is 4.89. The summed E-state index contributed by atoms with van der Waals surface area (Å²) < 4.78 is 31.1. The molecule has 0 radical (unpaired) electrons. The van der Waals surface area contributed by atoms with Crippen LogP contribution >= 0.6 is 0 Å². The lowest BCUT2D eigenvalue weighted by Crippen LogP contribution is -2.52. The molecule has 6 heteroatoms. The molecule has 0 aliphatic carbocycles. The molecule has 1 saturated heterocycles. The zero-order chi connectivity index (χ0) is 14.5. The molecule has 0 spiro atoms. The van der Waals surface area contributed by atoms with Gasteiger partial charge in [0.15, 0.2) is 18.2 Å². The first-order valence-corrected chi connectivity index (χ1v) is 6.67. The summed E-state index contributed by atoms with van der Waals surface area (Å²) in [5, 5.41) is 6.12. The molecule has 0 saturated carbocycles. The summed E-state index contributed by atoms with van der Waals surface area (Å²) in [7, 11) is 0. The van der Waals surface area contributed by atoms with Gasteiger partial charge in [0.25, 0.3) is 5.91 Å². The highest BCUT2D eigenvalue weighted by molar-refractivity contribution is 5.77. The zero-order valence-electron chi connectivity index (χ0n) is 11.3. The second-order valence-corrected chi connectivity index (χ2v) is 4.92. The standard InChI is InChI=1S/C14H18F2N2O2/c1-9-12(3-2-6-17-9)18-14(19)8-20-13-5-4-10(15)7-11(13)16/h4-5,7,9,12,17H,2-3,6,8H2,1H3,(H,18,19). The van der Waals surface area contributed by atoms with Crippen molar-refractivity contribution in [3.8, 4) is 5.75 Å². The molecule has 2 atom stereocenters. The first-order chi connectivity index (χ1) is 9.56. The van der Waals surface area contributed by atoms with Crippen molar-refractivity contribution in [3.05, 3.63) is 29.8 Å². The van der Waals surface area contributed by atoms with E-state index < -0.39 is 11.6 Å². The number of hydrogen-bond donors (Lipinski definition) is 2. The molecule has 0 aromatic heterocycles. The molecular formula is C14H18F2N2O2. The Morgan fingerprint density at radius 2 is 2.30 bits per heavy atom. The molecule has 1 heterocycles. The van der Waals surface area contributed by atoms with Gasteiger partial charge in [-0.2, -0.15) is 0 Å². The third-order valence-corrected chi connectivity index (χ3v) is 3.36. The van der Waals surface area contributed by atoms with Crippen LogP contribution in [0.2, 0.25) is 0 Å². The number of halogens is 2. The average Bonchev–Trinajstić information content (AvgIpc) is 2.40. The minimum atomic E-state index is -0.814. The summed E-state index contributed by atoms with van der Waals surface area (Å²) in [4.78, 5) is 11.7. The second kappa shape index (κ2) is 6.65. The van der Waals surface area contributed by atoms with Gasteiger partial charge in [0, 0.05) is 18.2 Å². The van der Waals surface area contributed by atoms with E-state index >= 15 is 0 Å². The van der Waals surface area contributed by atoms with Crippen molar-refractivity contribution in [2.24, 2.45) is 0 Å². The largest absolute Gasteiger partial charge is 0.481 e. The fraction of sp³-hybridized carbons (Fsp3) is 0.500. The molecule has 110 valence electrons. The monoisotopic (exact) mass is 284 g/mol. The molecule has 1 aromatic carbocycles. The summed E-state index contributed by atoms with van der Waals surface area (Å²) >= 11 is 0. The van der Waals surface area contributed by atoms with Gasteiger partial charge < -0.3 is 15.4 Å². The number of hydrogen-bond acceptors (Lipinski definition) is 3. The van der Waals surface area contributed by atoms with Gasteiger partial charge in [-0.15, -0.1) is 0 Å². The van der Waals surface area contributed by atoms with Crippen molar-refractivity contribution in [1.82, 2.24) is 10.6 Å². The van der Waals surface area contributed by atoms with E-state index in [4.69, 9.17) is 4.74 Å². The Hall–Kier alpha value is -1.69. The molecule has 1 aromatic rings. The van der Waals surface area contributed by atoms with Crippen LogP contribution in [0.15, 0.2) is 18.2 Å². The number of carbonyl (C=O) groups is 1. The molecule has 4 nitrogen and oxygen atoms in total. The van der Waals surface area contributed by atoms with E-state index in [1.165, 1.54) is 6.07 Å². The maximum Gasteiger partial charge on any atom is 0.258 e. The Balaban J connectivity index is 1.82. The topological polar surface area (TPSA) is 50.4 Å². The van der Waals surface area contributed by atoms with E-state index in [-0.39, 0.29) is 30.3 Å². The lowest BCUT2D eigenvalue weighted by Gasteiger charge is -2.30. The van der Waals surface area contributed by atoms with Gasteiger partial charge in [-0.25, -0.2) is 8.78 Å². The summed E-state index contributed by atoms with van der Waals surface area (Å²) in [6.07, 6.45) is 1.91. The third-order valence-electron chi connectivity index (χ3n) is 3.36. The predicted octanol–water partition coefficient (Wildman–Crippen LogP) is 1.60. The normalized spacial score (nSPS) is 22.4. The maximum atomic E-state index is 13.3. The van der Waals surface area contributed by atoms with Crippen LogP contribution in [0.5, 0.6) is 5.75 Å². The quantitative estimate of drug-likeness (QED) is 0.883. The van der Waals surface area contributed by atoms with Gasteiger partial charge in [-0.3, -0.25) is 4.79 Å². The van der Waals surface area contributed by atoms with Crippen LogP contribution < -0.4 is 15.4 Å². The van der Waals surface area contributed by atoms with E-state index in [9.17, 15) is 13.6 Å². The van der Waals surface area contributed by atoms with Gasteiger partial charge in [-0.1, -0.05) is 0 Å². The van der Waals surface area contributed by atoms with E-state index in [0.717, 1.165) is 31.5 Å². The van der Waals surface area contributed by atoms with Crippen LogP contribution in [0.25, 0.3) is 0 Å². The van der Waals surface area contributed by atoms with E-state index in [1.54, 1.807) is 0 Å². The smallest absolute Gasteiger partial charge is 0.258 e. The third kappa shape index (κ3) is 3.90. The van der Waals surface area contributed by atoms with E-state index in [2.05, 4.69) is 10.6 Å². The second-order valence-electron chi connectivity index (χ2n) is 4.92. The van der Waals surface area contributed by atoms with Crippen LogP contribution in [0.3, 0.4) is 0 Å². The van der Waals surface area contributed by atoms with Crippen LogP contribution in [-0.4, -0.2) is 31.1 Å². The summed E-state index contributed by atoms with van der Waals surface area (Å²) in [6, 6.07) is 3.24. The van der Waals surface area contributed by atoms with Gasteiger partial charge in [0.1, 0.15) is 5.82 Å². The maximum absolute atomic E-state index is 13.3. The summed E-state index contributed by atoms with van der Waals surface area (Å²) in [5.74, 6) is -1.93. The molecule has 1 fully saturated rings. The summed E-state index contributed by atoms with van der Waals surface area (Å²) in [6.45, 7) is 2.67. The van der Waals surface area contributed by atoms with Gasteiger partial charge in [-0.05, 0) is 38.4 Å². The molecule has 2 N–H and O–H groups in total. The van der Waals surface area contributed by atoms with Gasteiger partial charge >= 0.3 is 0 Å². The number of piperidine rings is 1. The Morgan fingerprint density at radius 3 is 3.00 bits per heavy atom. The summed E-state index contributed by atoms with van der Waals surface area (Å²) in [5.41, 5.74) is 0. The molecule has 2 rings (SSSR count). The Bertz CT molecular complexity index is 482. The molecular weight excluding hydrogens is 266 g/mol. The number of benzene rings is 1. The van der Waals surface area contributed by atoms with Crippen molar-refractivity contribution in [2.45, 2.75) is 31.8 Å². The minimum absolute atomic E-state index is 0.0536. The van der Waals surface area contributed by atoms with E-state index in [0.29, 0.717) is 0 Å². The Labute approximate surface area is 116 Å². The van der Waals surface area contributed by atoms with Crippen LogP contribution in [0, 0.1) is 11.6 Å². The molecule has 1 aliphatic rings. The number of amides is 1. The highest BCUT2D eigenvalue weighted by atomic mass is 19.1. The minimum Gasteiger partial charge on any atom is -0.481 e. The molecule has 1 amide bonds. The highest BCUT2D eigenvalue weighted by Gasteiger charge is 2.22. The lowest BCUT2D eigenvalue weighted by molar-refractivity contribution is -0.124. The first-order valence-electron chi connectivity index (χ1n) is 6.67. The Morgan fingerprint density at radius 1 is 1.50 bits per heavy atom. The number of ether oxygens (including phenoxy) is 1. The first kappa shape index (κ1) is 14.7. The van der Waals surface area contributed by atoms with E-state index in [1.807, 2.05) is 6.92 Å². The van der Waals surface area contributed by atoms with Crippen molar-refractivity contribution in [3.63, 3.8) is 0 Å². The van der Waals surface area contributed by atoms with Crippen molar-refractivity contribution in [2.75, 3.05) is 13.2 Å². The molecule has 20 heavy (non-hydrogen) atoms. The lowest BCUT2D eigenvalue weighted by atomic mass is 10.00.